The van der Waals surface area contributed by atoms with Gasteiger partial charge >= 0.3 is 0 Å². The van der Waals surface area contributed by atoms with Crippen molar-refractivity contribution in [3.05, 3.63) is 23.9 Å². The highest BCUT2D eigenvalue weighted by molar-refractivity contribution is 5.79. The van der Waals surface area contributed by atoms with Crippen molar-refractivity contribution < 1.29 is 14.2 Å². The maximum absolute atomic E-state index is 5.70. The first kappa shape index (κ1) is 20.5. The molecule has 1 saturated heterocycles. The monoisotopic (exact) mass is 364 g/mol. The summed E-state index contributed by atoms with van der Waals surface area (Å²) in [6.45, 7) is 7.53. The molecule has 0 aliphatic carbocycles. The van der Waals surface area contributed by atoms with Crippen LogP contribution in [0.25, 0.3) is 0 Å². The molecule has 1 aliphatic heterocycles. The van der Waals surface area contributed by atoms with E-state index < -0.39 is 0 Å². The molecule has 0 amide bonds. The molecule has 2 heterocycles. The minimum Gasteiger partial charge on any atom is -0.478 e. The van der Waals surface area contributed by atoms with E-state index >= 15 is 0 Å². The van der Waals surface area contributed by atoms with Crippen molar-refractivity contribution >= 4 is 5.96 Å². The van der Waals surface area contributed by atoms with Crippen LogP contribution >= 0.6 is 0 Å². The van der Waals surface area contributed by atoms with Crippen molar-refractivity contribution in [1.29, 1.82) is 0 Å². The fourth-order valence-corrected chi connectivity index (χ4v) is 2.56. The van der Waals surface area contributed by atoms with Crippen LogP contribution in [0.1, 0.15) is 31.7 Å². The maximum Gasteiger partial charge on any atom is 0.213 e. The second-order valence-corrected chi connectivity index (χ2v) is 6.36. The van der Waals surface area contributed by atoms with E-state index in [4.69, 9.17) is 14.2 Å². The fraction of sp³-hybridized carbons (Fsp3) is 0.684. The van der Waals surface area contributed by atoms with Gasteiger partial charge < -0.3 is 24.8 Å². The van der Waals surface area contributed by atoms with Crippen molar-refractivity contribution in [3.8, 4) is 5.88 Å². The Balaban J connectivity index is 1.55. The highest BCUT2D eigenvalue weighted by Gasteiger charge is 2.15. The number of ether oxygens (including phenoxy) is 3. The quantitative estimate of drug-likeness (QED) is 0.355. The summed E-state index contributed by atoms with van der Waals surface area (Å²) >= 11 is 0. The molecule has 1 aromatic rings. The van der Waals surface area contributed by atoms with Gasteiger partial charge in [0.05, 0.1) is 19.8 Å². The SMILES string of the molecule is CCCOc1ccc(CNC(=NC)NCCCOCC2CCOC2)cn1. The molecule has 26 heavy (non-hydrogen) atoms. The molecular formula is C19H32N4O3. The van der Waals surface area contributed by atoms with Gasteiger partial charge in [-0.3, -0.25) is 4.99 Å². The number of guanidine groups is 1. The Bertz CT molecular complexity index is 516. The van der Waals surface area contributed by atoms with Gasteiger partial charge in [0.15, 0.2) is 5.96 Å². The summed E-state index contributed by atoms with van der Waals surface area (Å²) in [5, 5.41) is 6.58. The highest BCUT2D eigenvalue weighted by Crippen LogP contribution is 2.12. The van der Waals surface area contributed by atoms with E-state index in [1.165, 1.54) is 0 Å². The first-order chi connectivity index (χ1) is 12.8. The van der Waals surface area contributed by atoms with Gasteiger partial charge in [-0.25, -0.2) is 4.98 Å². The lowest BCUT2D eigenvalue weighted by Gasteiger charge is -2.13. The standard InChI is InChI=1S/C19H32N4O3/c1-3-9-26-18-6-5-16(12-22-18)13-23-19(20-2)21-8-4-10-24-14-17-7-11-25-15-17/h5-6,12,17H,3-4,7-11,13-15H2,1-2H3,(H2,20,21,23). The fourth-order valence-electron chi connectivity index (χ4n) is 2.56. The summed E-state index contributed by atoms with van der Waals surface area (Å²) in [6.07, 6.45) is 4.87. The Hall–Kier alpha value is -1.86. The molecule has 0 radical (unpaired) electrons. The maximum atomic E-state index is 5.70. The van der Waals surface area contributed by atoms with Crippen LogP contribution in [0.3, 0.4) is 0 Å². The number of nitrogens with one attached hydrogen (secondary N) is 2. The Morgan fingerprint density at radius 3 is 2.96 bits per heavy atom. The molecule has 1 fully saturated rings. The van der Waals surface area contributed by atoms with E-state index in [2.05, 4.69) is 27.5 Å². The molecule has 2 N–H and O–H groups in total. The third-order valence-electron chi connectivity index (χ3n) is 4.07. The molecule has 1 aliphatic rings. The van der Waals surface area contributed by atoms with Gasteiger partial charge in [0.2, 0.25) is 5.88 Å². The second kappa shape index (κ2) is 12.5. The topological polar surface area (TPSA) is 77.0 Å². The van der Waals surface area contributed by atoms with Gasteiger partial charge in [0.1, 0.15) is 0 Å². The Morgan fingerprint density at radius 2 is 2.27 bits per heavy atom. The van der Waals surface area contributed by atoms with Crippen LogP contribution in [-0.4, -0.2) is 57.6 Å². The van der Waals surface area contributed by atoms with Gasteiger partial charge in [0.25, 0.3) is 0 Å². The molecule has 7 nitrogen and oxygen atoms in total. The Kier molecular flexibility index (Phi) is 9.82. The van der Waals surface area contributed by atoms with Crippen LogP contribution in [0.15, 0.2) is 23.3 Å². The lowest BCUT2D eigenvalue weighted by Crippen LogP contribution is -2.37. The van der Waals surface area contributed by atoms with E-state index in [0.29, 0.717) is 24.9 Å². The largest absolute Gasteiger partial charge is 0.478 e. The van der Waals surface area contributed by atoms with Crippen LogP contribution in [0.2, 0.25) is 0 Å². The van der Waals surface area contributed by atoms with E-state index in [1.54, 1.807) is 7.05 Å². The predicted octanol–water partition coefficient (Wildman–Crippen LogP) is 1.98. The summed E-state index contributed by atoms with van der Waals surface area (Å²) in [6, 6.07) is 3.91. The lowest BCUT2D eigenvalue weighted by atomic mass is 10.1. The molecule has 146 valence electrons. The van der Waals surface area contributed by atoms with E-state index in [0.717, 1.165) is 63.8 Å². The zero-order valence-corrected chi connectivity index (χ0v) is 16.0. The van der Waals surface area contributed by atoms with Gasteiger partial charge in [-0.2, -0.15) is 0 Å². The molecule has 0 bridgehead atoms. The summed E-state index contributed by atoms with van der Waals surface area (Å²) in [5.41, 5.74) is 1.08. The summed E-state index contributed by atoms with van der Waals surface area (Å²) in [5.74, 6) is 2.02. The number of rotatable bonds is 11. The highest BCUT2D eigenvalue weighted by atomic mass is 16.5. The molecule has 1 aromatic heterocycles. The predicted molar refractivity (Wildman–Crippen MR) is 103 cm³/mol. The van der Waals surface area contributed by atoms with Crippen LogP contribution in [0.4, 0.5) is 0 Å². The van der Waals surface area contributed by atoms with E-state index in [9.17, 15) is 0 Å². The molecule has 2 rings (SSSR count). The van der Waals surface area contributed by atoms with Gasteiger partial charge in [-0.05, 0) is 24.8 Å². The van der Waals surface area contributed by atoms with E-state index in [1.807, 2.05) is 18.3 Å². The van der Waals surface area contributed by atoms with Crippen molar-refractivity contribution in [2.45, 2.75) is 32.7 Å². The zero-order chi connectivity index (χ0) is 18.5. The second-order valence-electron chi connectivity index (χ2n) is 6.36. The Morgan fingerprint density at radius 1 is 1.35 bits per heavy atom. The van der Waals surface area contributed by atoms with Crippen molar-refractivity contribution in [3.63, 3.8) is 0 Å². The molecule has 0 spiro atoms. The number of hydrogen-bond acceptors (Lipinski definition) is 5. The Labute approximate surface area is 156 Å². The molecular weight excluding hydrogens is 332 g/mol. The number of aliphatic imine (C=N–C) groups is 1. The smallest absolute Gasteiger partial charge is 0.213 e. The van der Waals surface area contributed by atoms with Crippen LogP contribution in [0, 0.1) is 5.92 Å². The minimum atomic E-state index is 0.574. The lowest BCUT2D eigenvalue weighted by molar-refractivity contribution is 0.0888. The number of nitrogens with zero attached hydrogens (tertiary/aromatic N) is 2. The number of pyridine rings is 1. The van der Waals surface area contributed by atoms with E-state index in [-0.39, 0.29) is 0 Å². The normalized spacial score (nSPS) is 17.3. The third kappa shape index (κ3) is 8.01. The van der Waals surface area contributed by atoms with Crippen molar-refractivity contribution in [1.82, 2.24) is 15.6 Å². The summed E-state index contributed by atoms with van der Waals surface area (Å²) < 4.78 is 16.5. The van der Waals surface area contributed by atoms with Gasteiger partial charge in [-0.1, -0.05) is 13.0 Å². The molecule has 0 aromatic carbocycles. The molecule has 1 unspecified atom stereocenters. The van der Waals surface area contributed by atoms with Crippen LogP contribution in [-0.2, 0) is 16.0 Å². The van der Waals surface area contributed by atoms with Crippen molar-refractivity contribution in [2.24, 2.45) is 10.9 Å². The molecule has 0 saturated carbocycles. The summed E-state index contributed by atoms with van der Waals surface area (Å²) in [7, 11) is 1.77. The average molecular weight is 364 g/mol. The third-order valence-corrected chi connectivity index (χ3v) is 4.07. The minimum absolute atomic E-state index is 0.574. The number of aromatic nitrogens is 1. The zero-order valence-electron chi connectivity index (χ0n) is 16.0. The molecule has 1 atom stereocenters. The molecule has 7 heteroatoms. The van der Waals surface area contributed by atoms with Crippen LogP contribution in [0.5, 0.6) is 5.88 Å². The first-order valence-electron chi connectivity index (χ1n) is 9.49. The van der Waals surface area contributed by atoms with Crippen LogP contribution < -0.4 is 15.4 Å². The first-order valence-corrected chi connectivity index (χ1v) is 9.49. The average Bonchev–Trinajstić information content (AvgIpc) is 3.19. The van der Waals surface area contributed by atoms with Gasteiger partial charge in [0, 0.05) is 51.5 Å². The van der Waals surface area contributed by atoms with Crippen molar-refractivity contribution in [2.75, 3.05) is 46.6 Å². The number of hydrogen-bond donors (Lipinski definition) is 2. The van der Waals surface area contributed by atoms with Gasteiger partial charge in [-0.15, -0.1) is 0 Å². The summed E-state index contributed by atoms with van der Waals surface area (Å²) in [4.78, 5) is 8.53.